The molecular weight excluding hydrogens is 112 g/mol. The Hall–Kier alpha value is -0.590. The smallest absolute Gasteiger partial charge is 0.140 e. The minimum absolute atomic E-state index is 0.374. The summed E-state index contributed by atoms with van der Waals surface area (Å²) < 4.78 is 0. The fraction of sp³-hybridized carbons (Fsp3) is 0.625. The Kier molecular flexibility index (Phi) is 1.70. The van der Waals surface area contributed by atoms with Crippen LogP contribution < -0.4 is 0 Å². The van der Waals surface area contributed by atoms with E-state index >= 15 is 0 Å². The van der Waals surface area contributed by atoms with E-state index in [0.717, 1.165) is 0 Å². The molecule has 0 bridgehead atoms. The Morgan fingerprint density at radius 1 is 1.56 bits per heavy atom. The van der Waals surface area contributed by atoms with Gasteiger partial charge in [0.05, 0.1) is 0 Å². The van der Waals surface area contributed by atoms with Gasteiger partial charge in [-0.25, -0.2) is 0 Å². The SMILES string of the molecule is CC(C)C1=CCC(=O)C1. The van der Waals surface area contributed by atoms with Crippen molar-refractivity contribution in [3.8, 4) is 0 Å². The monoisotopic (exact) mass is 124 g/mol. The highest BCUT2D eigenvalue weighted by atomic mass is 16.1. The third kappa shape index (κ3) is 1.41. The normalized spacial score (nSPS) is 19.0. The Balaban J connectivity index is 2.55. The molecule has 1 nitrogen and oxygen atoms in total. The Bertz CT molecular complexity index is 154. The molecule has 1 rings (SSSR count). The van der Waals surface area contributed by atoms with Gasteiger partial charge in [-0.1, -0.05) is 25.5 Å². The van der Waals surface area contributed by atoms with Gasteiger partial charge in [-0.2, -0.15) is 0 Å². The number of ketones is 1. The molecule has 0 saturated carbocycles. The van der Waals surface area contributed by atoms with E-state index in [9.17, 15) is 4.79 Å². The van der Waals surface area contributed by atoms with Gasteiger partial charge >= 0.3 is 0 Å². The second-order valence-electron chi connectivity index (χ2n) is 2.85. The maximum Gasteiger partial charge on any atom is 0.140 e. The first kappa shape index (κ1) is 6.53. The molecule has 50 valence electrons. The fourth-order valence-electron chi connectivity index (χ4n) is 1.06. The van der Waals surface area contributed by atoms with Gasteiger partial charge in [0.1, 0.15) is 5.78 Å². The molecule has 9 heavy (non-hydrogen) atoms. The molecule has 0 spiro atoms. The molecule has 0 aliphatic heterocycles. The van der Waals surface area contributed by atoms with E-state index in [2.05, 4.69) is 19.9 Å². The number of allylic oxidation sites excluding steroid dienone is 2. The van der Waals surface area contributed by atoms with Crippen molar-refractivity contribution in [1.29, 1.82) is 0 Å². The number of carbonyl (C=O) groups excluding carboxylic acids is 1. The van der Waals surface area contributed by atoms with Crippen molar-refractivity contribution in [2.24, 2.45) is 5.92 Å². The van der Waals surface area contributed by atoms with Crippen LogP contribution in [0.4, 0.5) is 0 Å². The molecule has 0 saturated heterocycles. The average Bonchev–Trinajstić information content (AvgIpc) is 2.14. The van der Waals surface area contributed by atoms with E-state index < -0.39 is 0 Å². The maximum absolute atomic E-state index is 10.7. The predicted octanol–water partition coefficient (Wildman–Crippen LogP) is 1.93. The van der Waals surface area contributed by atoms with Crippen molar-refractivity contribution >= 4 is 5.78 Å². The number of Topliss-reactive ketones (excluding diaryl/α,β-unsaturated/α-hetero) is 1. The Morgan fingerprint density at radius 3 is 2.44 bits per heavy atom. The van der Waals surface area contributed by atoms with E-state index in [1.807, 2.05) is 0 Å². The molecule has 0 amide bonds. The number of hydrogen-bond donors (Lipinski definition) is 0. The Labute approximate surface area is 55.8 Å². The van der Waals surface area contributed by atoms with E-state index in [4.69, 9.17) is 0 Å². The zero-order chi connectivity index (χ0) is 6.85. The fourth-order valence-corrected chi connectivity index (χ4v) is 1.06. The van der Waals surface area contributed by atoms with E-state index in [1.54, 1.807) is 0 Å². The van der Waals surface area contributed by atoms with Crippen LogP contribution in [0.15, 0.2) is 11.6 Å². The predicted molar refractivity (Wildman–Crippen MR) is 37.2 cm³/mol. The van der Waals surface area contributed by atoms with Crippen LogP contribution in [0.1, 0.15) is 26.7 Å². The quantitative estimate of drug-likeness (QED) is 0.488. The third-order valence-corrected chi connectivity index (χ3v) is 1.73. The van der Waals surface area contributed by atoms with Crippen LogP contribution in [0.3, 0.4) is 0 Å². The summed E-state index contributed by atoms with van der Waals surface area (Å²) in [6, 6.07) is 0. The largest absolute Gasteiger partial charge is 0.299 e. The van der Waals surface area contributed by atoms with Crippen molar-refractivity contribution in [3.05, 3.63) is 11.6 Å². The minimum atomic E-state index is 0.374. The summed E-state index contributed by atoms with van der Waals surface area (Å²) in [6.45, 7) is 4.26. The molecule has 0 unspecified atom stereocenters. The van der Waals surface area contributed by atoms with Crippen LogP contribution in [-0.4, -0.2) is 5.78 Å². The molecule has 0 atom stereocenters. The highest BCUT2D eigenvalue weighted by Gasteiger charge is 2.14. The van der Waals surface area contributed by atoms with Crippen molar-refractivity contribution < 1.29 is 4.79 Å². The lowest BCUT2D eigenvalue weighted by molar-refractivity contribution is -0.117. The first-order chi connectivity index (χ1) is 4.20. The summed E-state index contributed by atoms with van der Waals surface area (Å²) in [6.07, 6.45) is 3.44. The molecule has 0 aromatic heterocycles. The van der Waals surface area contributed by atoms with Gasteiger partial charge in [-0.3, -0.25) is 4.79 Å². The molecule has 0 heterocycles. The second kappa shape index (κ2) is 2.34. The molecule has 1 aliphatic carbocycles. The van der Waals surface area contributed by atoms with Crippen molar-refractivity contribution in [1.82, 2.24) is 0 Å². The van der Waals surface area contributed by atoms with Crippen LogP contribution in [0.5, 0.6) is 0 Å². The highest BCUT2D eigenvalue weighted by Crippen LogP contribution is 2.21. The van der Waals surface area contributed by atoms with Crippen molar-refractivity contribution in [3.63, 3.8) is 0 Å². The summed E-state index contributed by atoms with van der Waals surface area (Å²) in [4.78, 5) is 10.7. The van der Waals surface area contributed by atoms with Gasteiger partial charge in [0.2, 0.25) is 0 Å². The lowest BCUT2D eigenvalue weighted by Gasteiger charge is -2.02. The molecule has 0 N–H and O–H groups in total. The van der Waals surface area contributed by atoms with E-state index in [1.165, 1.54) is 5.57 Å². The van der Waals surface area contributed by atoms with Gasteiger partial charge in [0, 0.05) is 12.8 Å². The molecule has 1 aliphatic rings. The lowest BCUT2D eigenvalue weighted by atomic mass is 10.0. The summed E-state index contributed by atoms with van der Waals surface area (Å²) in [7, 11) is 0. The zero-order valence-electron chi connectivity index (χ0n) is 5.98. The maximum atomic E-state index is 10.7. The standard InChI is InChI=1S/C8H12O/c1-6(2)7-3-4-8(9)5-7/h3,6H,4-5H2,1-2H3. The Morgan fingerprint density at radius 2 is 2.22 bits per heavy atom. The average molecular weight is 124 g/mol. The highest BCUT2D eigenvalue weighted by molar-refractivity contribution is 5.85. The van der Waals surface area contributed by atoms with Crippen LogP contribution in [-0.2, 0) is 4.79 Å². The summed E-state index contributed by atoms with van der Waals surface area (Å²) >= 11 is 0. The van der Waals surface area contributed by atoms with Crippen molar-refractivity contribution in [2.45, 2.75) is 26.7 Å². The first-order valence-corrected chi connectivity index (χ1v) is 3.41. The number of hydrogen-bond acceptors (Lipinski definition) is 1. The molecule has 0 radical (unpaired) electrons. The van der Waals surface area contributed by atoms with E-state index in [0.29, 0.717) is 24.5 Å². The first-order valence-electron chi connectivity index (χ1n) is 3.41. The zero-order valence-corrected chi connectivity index (χ0v) is 5.98. The molecule has 0 aromatic carbocycles. The molecule has 0 aromatic rings. The van der Waals surface area contributed by atoms with Gasteiger partial charge in [0.25, 0.3) is 0 Å². The van der Waals surface area contributed by atoms with Crippen molar-refractivity contribution in [2.75, 3.05) is 0 Å². The summed E-state index contributed by atoms with van der Waals surface area (Å²) in [5.74, 6) is 0.940. The summed E-state index contributed by atoms with van der Waals surface area (Å²) in [5, 5.41) is 0. The minimum Gasteiger partial charge on any atom is -0.299 e. The molecule has 0 fully saturated rings. The van der Waals surface area contributed by atoms with Crippen LogP contribution in [0, 0.1) is 5.92 Å². The van der Waals surface area contributed by atoms with Gasteiger partial charge in [-0.05, 0) is 5.92 Å². The second-order valence-corrected chi connectivity index (χ2v) is 2.85. The number of rotatable bonds is 1. The van der Waals surface area contributed by atoms with Gasteiger partial charge in [0.15, 0.2) is 0 Å². The summed E-state index contributed by atoms with van der Waals surface area (Å²) in [5.41, 5.74) is 1.32. The van der Waals surface area contributed by atoms with Crippen LogP contribution in [0.25, 0.3) is 0 Å². The van der Waals surface area contributed by atoms with E-state index in [-0.39, 0.29) is 0 Å². The van der Waals surface area contributed by atoms with Crippen LogP contribution >= 0.6 is 0 Å². The van der Waals surface area contributed by atoms with Gasteiger partial charge in [-0.15, -0.1) is 0 Å². The molecular formula is C8H12O. The molecule has 1 heteroatoms. The number of carbonyl (C=O) groups is 1. The topological polar surface area (TPSA) is 17.1 Å². The van der Waals surface area contributed by atoms with Gasteiger partial charge < -0.3 is 0 Å². The van der Waals surface area contributed by atoms with Crippen LogP contribution in [0.2, 0.25) is 0 Å². The third-order valence-electron chi connectivity index (χ3n) is 1.73. The lowest BCUT2D eigenvalue weighted by Crippen LogP contribution is -1.93.